The van der Waals surface area contributed by atoms with Crippen LogP contribution in [-0.2, 0) is 13.0 Å². The second-order valence-electron chi connectivity index (χ2n) is 4.04. The van der Waals surface area contributed by atoms with Crippen molar-refractivity contribution in [1.82, 2.24) is 4.98 Å². The van der Waals surface area contributed by atoms with Gasteiger partial charge >= 0.3 is 0 Å². The molecule has 1 heterocycles. The highest BCUT2D eigenvalue weighted by Gasteiger charge is 2.00. The van der Waals surface area contributed by atoms with Gasteiger partial charge in [-0.25, -0.2) is 4.98 Å². The lowest BCUT2D eigenvalue weighted by Crippen LogP contribution is -2.04. The lowest BCUT2D eigenvalue weighted by Gasteiger charge is -2.07. The summed E-state index contributed by atoms with van der Waals surface area (Å²) in [5.74, 6) is 0.713. The molecule has 0 saturated heterocycles. The van der Waals surface area contributed by atoms with Gasteiger partial charge in [-0.05, 0) is 36.2 Å². The summed E-state index contributed by atoms with van der Waals surface area (Å²) >= 11 is 6.02. The third-order valence-corrected chi connectivity index (χ3v) is 2.98. The zero-order valence-corrected chi connectivity index (χ0v) is 10.8. The van der Waals surface area contributed by atoms with E-state index in [4.69, 9.17) is 17.3 Å². The number of hydrogen-bond acceptors (Lipinski definition) is 3. The predicted molar refractivity (Wildman–Crippen MR) is 75.8 cm³/mol. The molecule has 1 aromatic heterocycles. The van der Waals surface area contributed by atoms with Crippen LogP contribution in [0.3, 0.4) is 0 Å². The maximum Gasteiger partial charge on any atom is 0.145 e. The Hall–Kier alpha value is -1.58. The maximum atomic E-state index is 6.02. The van der Waals surface area contributed by atoms with Gasteiger partial charge in [-0.1, -0.05) is 35.9 Å². The number of halogens is 1. The number of nitrogens with zero attached hydrogens (tertiary/aromatic N) is 1. The third-order valence-electron chi connectivity index (χ3n) is 2.67. The zero-order valence-electron chi connectivity index (χ0n) is 10.1. The van der Waals surface area contributed by atoms with Crippen molar-refractivity contribution < 1.29 is 0 Å². The lowest BCUT2D eigenvalue weighted by molar-refractivity contribution is 0.966. The smallest absolute Gasteiger partial charge is 0.145 e. The number of nitrogens with two attached hydrogens (primary N) is 1. The molecule has 0 bridgehead atoms. The molecule has 0 fully saturated rings. The number of nitrogens with one attached hydrogen (secondary N) is 1. The molecule has 3 nitrogen and oxygen atoms in total. The van der Waals surface area contributed by atoms with Gasteiger partial charge in [0.15, 0.2) is 0 Å². The number of hydrogen-bond donors (Lipinski definition) is 2. The number of aromatic nitrogens is 1. The van der Waals surface area contributed by atoms with Crippen LogP contribution >= 0.6 is 11.6 Å². The van der Waals surface area contributed by atoms with E-state index in [2.05, 4.69) is 34.6 Å². The first kappa shape index (κ1) is 12.9. The summed E-state index contributed by atoms with van der Waals surface area (Å²) < 4.78 is 0. The van der Waals surface area contributed by atoms with Crippen LogP contribution in [0.1, 0.15) is 11.1 Å². The van der Waals surface area contributed by atoms with Crippen LogP contribution in [0.5, 0.6) is 0 Å². The number of anilines is 1. The Labute approximate surface area is 112 Å². The van der Waals surface area contributed by atoms with Crippen molar-refractivity contribution in [2.24, 2.45) is 5.73 Å². The summed E-state index contributed by atoms with van der Waals surface area (Å²) in [4.78, 5) is 4.18. The molecule has 0 aliphatic carbocycles. The van der Waals surface area contributed by atoms with Crippen molar-refractivity contribution in [3.63, 3.8) is 0 Å². The van der Waals surface area contributed by atoms with E-state index >= 15 is 0 Å². The highest BCUT2D eigenvalue weighted by molar-refractivity contribution is 6.32. The van der Waals surface area contributed by atoms with E-state index in [0.29, 0.717) is 23.9 Å². The molecular formula is C14H16ClN3. The molecule has 94 valence electrons. The molecule has 18 heavy (non-hydrogen) atoms. The molecule has 0 radical (unpaired) electrons. The topological polar surface area (TPSA) is 50.9 Å². The zero-order chi connectivity index (χ0) is 12.8. The summed E-state index contributed by atoms with van der Waals surface area (Å²) in [5, 5.41) is 3.85. The van der Waals surface area contributed by atoms with Crippen LogP contribution in [0.2, 0.25) is 5.02 Å². The molecule has 0 aliphatic rings. The molecular weight excluding hydrogens is 246 g/mol. The minimum atomic E-state index is 0.636. The molecule has 2 rings (SSSR count). The molecule has 2 aromatic rings. The Morgan fingerprint density at radius 3 is 2.50 bits per heavy atom. The highest BCUT2D eigenvalue weighted by Crippen LogP contribution is 2.18. The lowest BCUT2D eigenvalue weighted by atomic mass is 10.1. The molecule has 3 N–H and O–H groups in total. The predicted octanol–water partition coefficient (Wildman–Crippen LogP) is 2.85. The fraction of sp³-hybridized carbons (Fsp3) is 0.214. The van der Waals surface area contributed by atoms with Crippen LogP contribution < -0.4 is 11.1 Å². The number of benzene rings is 1. The van der Waals surface area contributed by atoms with E-state index in [1.165, 1.54) is 11.1 Å². The van der Waals surface area contributed by atoms with Crippen LogP contribution in [-0.4, -0.2) is 11.5 Å². The van der Waals surface area contributed by atoms with Gasteiger partial charge < -0.3 is 11.1 Å². The van der Waals surface area contributed by atoms with E-state index < -0.39 is 0 Å². The highest BCUT2D eigenvalue weighted by atomic mass is 35.5. The average Bonchev–Trinajstić information content (AvgIpc) is 2.40. The SMILES string of the molecule is NCCc1ccc(CNc2ncccc2Cl)cc1. The van der Waals surface area contributed by atoms with Crippen molar-refractivity contribution in [2.75, 3.05) is 11.9 Å². The second kappa shape index (κ2) is 6.38. The Morgan fingerprint density at radius 1 is 1.11 bits per heavy atom. The molecule has 1 aromatic carbocycles. The Morgan fingerprint density at radius 2 is 1.83 bits per heavy atom. The van der Waals surface area contributed by atoms with E-state index in [0.717, 1.165) is 6.42 Å². The Bertz CT molecular complexity index is 497. The maximum absolute atomic E-state index is 6.02. The molecule has 0 atom stereocenters. The van der Waals surface area contributed by atoms with E-state index in [1.54, 1.807) is 6.20 Å². The van der Waals surface area contributed by atoms with Crippen LogP contribution in [0, 0.1) is 0 Å². The van der Waals surface area contributed by atoms with Gasteiger partial charge in [0.25, 0.3) is 0 Å². The van der Waals surface area contributed by atoms with Crippen LogP contribution in [0.4, 0.5) is 5.82 Å². The van der Waals surface area contributed by atoms with Gasteiger partial charge in [0.05, 0.1) is 5.02 Å². The number of rotatable bonds is 5. The van der Waals surface area contributed by atoms with E-state index in [9.17, 15) is 0 Å². The van der Waals surface area contributed by atoms with Crippen molar-refractivity contribution in [1.29, 1.82) is 0 Å². The summed E-state index contributed by atoms with van der Waals surface area (Å²) in [6.07, 6.45) is 2.64. The normalized spacial score (nSPS) is 10.3. The van der Waals surface area contributed by atoms with Crippen LogP contribution in [0.25, 0.3) is 0 Å². The van der Waals surface area contributed by atoms with Crippen molar-refractivity contribution in [3.8, 4) is 0 Å². The van der Waals surface area contributed by atoms with Gasteiger partial charge in [-0.15, -0.1) is 0 Å². The fourth-order valence-electron chi connectivity index (χ4n) is 1.69. The van der Waals surface area contributed by atoms with Crippen molar-refractivity contribution in [3.05, 3.63) is 58.7 Å². The Balaban J connectivity index is 1.96. The van der Waals surface area contributed by atoms with E-state index in [1.807, 2.05) is 12.1 Å². The van der Waals surface area contributed by atoms with Crippen molar-refractivity contribution in [2.45, 2.75) is 13.0 Å². The van der Waals surface area contributed by atoms with Gasteiger partial charge in [0, 0.05) is 12.7 Å². The first-order valence-electron chi connectivity index (χ1n) is 5.92. The minimum absolute atomic E-state index is 0.636. The van der Waals surface area contributed by atoms with Gasteiger partial charge in [-0.2, -0.15) is 0 Å². The van der Waals surface area contributed by atoms with Crippen LogP contribution in [0.15, 0.2) is 42.6 Å². The summed E-state index contributed by atoms with van der Waals surface area (Å²) in [5.41, 5.74) is 7.97. The largest absolute Gasteiger partial charge is 0.365 e. The first-order valence-corrected chi connectivity index (χ1v) is 6.29. The number of pyridine rings is 1. The molecule has 0 amide bonds. The second-order valence-corrected chi connectivity index (χ2v) is 4.45. The molecule has 0 aliphatic heterocycles. The van der Waals surface area contributed by atoms with E-state index in [-0.39, 0.29) is 0 Å². The standard InChI is InChI=1S/C14H16ClN3/c15-13-2-1-9-17-14(13)18-10-12-5-3-11(4-6-12)7-8-16/h1-6,9H,7-8,10,16H2,(H,17,18). The molecule has 4 heteroatoms. The monoisotopic (exact) mass is 261 g/mol. The summed E-state index contributed by atoms with van der Waals surface area (Å²) in [6, 6.07) is 12.0. The van der Waals surface area contributed by atoms with Gasteiger partial charge in [0.1, 0.15) is 5.82 Å². The fourth-order valence-corrected chi connectivity index (χ4v) is 1.88. The molecule has 0 saturated carbocycles. The molecule has 0 spiro atoms. The quantitative estimate of drug-likeness (QED) is 0.870. The first-order chi connectivity index (χ1) is 8.79. The third kappa shape index (κ3) is 3.45. The van der Waals surface area contributed by atoms with Crippen molar-refractivity contribution >= 4 is 17.4 Å². The van der Waals surface area contributed by atoms with Gasteiger partial charge in [-0.3, -0.25) is 0 Å². The van der Waals surface area contributed by atoms with Gasteiger partial charge in [0.2, 0.25) is 0 Å². The Kier molecular flexibility index (Phi) is 4.56. The molecule has 0 unspecified atom stereocenters. The minimum Gasteiger partial charge on any atom is -0.365 e. The average molecular weight is 262 g/mol. The summed E-state index contributed by atoms with van der Waals surface area (Å²) in [7, 11) is 0. The summed E-state index contributed by atoms with van der Waals surface area (Å²) in [6.45, 7) is 1.39.